The molecule has 0 unspecified atom stereocenters. The number of nitrogens with one attached hydrogen (secondary N) is 1. The number of amides is 2. The lowest BCUT2D eigenvalue weighted by Crippen LogP contribution is -2.33. The van der Waals surface area contributed by atoms with E-state index >= 15 is 0 Å². The van der Waals surface area contributed by atoms with E-state index in [0.717, 1.165) is 11.1 Å². The molecule has 0 saturated heterocycles. The maximum atomic E-state index is 13.4. The Labute approximate surface area is 176 Å². The first-order valence-electron chi connectivity index (χ1n) is 9.42. The van der Waals surface area contributed by atoms with Gasteiger partial charge in [0.25, 0.3) is 5.91 Å². The number of benzene rings is 3. The minimum absolute atomic E-state index is 0.103. The lowest BCUT2D eigenvalue weighted by molar-refractivity contribution is -0.114. The van der Waals surface area contributed by atoms with Crippen molar-refractivity contribution >= 4 is 29.1 Å². The highest BCUT2D eigenvalue weighted by molar-refractivity contribution is 6.30. The zero-order valence-electron chi connectivity index (χ0n) is 16.4. The Morgan fingerprint density at radius 2 is 1.69 bits per heavy atom. The van der Waals surface area contributed by atoms with Gasteiger partial charge in [0.2, 0.25) is 5.91 Å². The molecule has 3 aromatic carbocycles. The van der Waals surface area contributed by atoms with E-state index in [4.69, 9.17) is 11.6 Å². The fraction of sp³-hybridized carbons (Fsp3) is 0.167. The molecule has 0 spiro atoms. The van der Waals surface area contributed by atoms with E-state index in [0.29, 0.717) is 22.8 Å². The van der Waals surface area contributed by atoms with Crippen molar-refractivity contribution in [2.45, 2.75) is 26.4 Å². The molecule has 0 saturated carbocycles. The molecule has 0 fully saturated rings. The summed E-state index contributed by atoms with van der Waals surface area (Å²) in [4.78, 5) is 26.6. The highest BCUT2D eigenvalue weighted by Crippen LogP contribution is 2.27. The van der Waals surface area contributed by atoms with Crippen LogP contribution in [0.15, 0.2) is 78.9 Å². The zero-order chi connectivity index (χ0) is 20.8. The number of carbonyl (C=O) groups excluding carboxylic acids is 2. The van der Waals surface area contributed by atoms with Crippen LogP contribution in [0.1, 0.15) is 41.4 Å². The van der Waals surface area contributed by atoms with Crippen LogP contribution in [-0.4, -0.2) is 16.7 Å². The molecule has 0 bridgehead atoms. The predicted octanol–water partition coefficient (Wildman–Crippen LogP) is 5.70. The van der Waals surface area contributed by atoms with E-state index in [1.54, 1.807) is 24.3 Å². The summed E-state index contributed by atoms with van der Waals surface area (Å²) >= 11 is 6.11. The number of rotatable bonds is 6. The van der Waals surface area contributed by atoms with Gasteiger partial charge >= 0.3 is 0 Å². The molecule has 0 aliphatic rings. The molecule has 0 aliphatic heterocycles. The summed E-state index contributed by atoms with van der Waals surface area (Å²) < 4.78 is 0. The van der Waals surface area contributed by atoms with Gasteiger partial charge in [0, 0.05) is 29.7 Å². The van der Waals surface area contributed by atoms with Gasteiger partial charge in [-0.2, -0.15) is 0 Å². The Kier molecular flexibility index (Phi) is 6.68. The molecular formula is C24H23ClN2O2. The molecule has 1 atom stereocenters. The summed E-state index contributed by atoms with van der Waals surface area (Å²) in [5.74, 6) is -0.236. The lowest BCUT2D eigenvalue weighted by Gasteiger charge is -2.30. The van der Waals surface area contributed by atoms with E-state index in [2.05, 4.69) is 5.32 Å². The van der Waals surface area contributed by atoms with Crippen LogP contribution in [0.4, 0.5) is 5.69 Å². The summed E-state index contributed by atoms with van der Waals surface area (Å²) in [6, 6.07) is 24.2. The highest BCUT2D eigenvalue weighted by atomic mass is 35.5. The zero-order valence-corrected chi connectivity index (χ0v) is 17.2. The van der Waals surface area contributed by atoms with Gasteiger partial charge in [-0.3, -0.25) is 9.59 Å². The van der Waals surface area contributed by atoms with E-state index in [1.165, 1.54) is 6.92 Å². The number of hydrogen-bond acceptors (Lipinski definition) is 2. The molecule has 148 valence electrons. The highest BCUT2D eigenvalue weighted by Gasteiger charge is 2.23. The van der Waals surface area contributed by atoms with Crippen LogP contribution in [-0.2, 0) is 11.3 Å². The average molecular weight is 407 g/mol. The fourth-order valence-electron chi connectivity index (χ4n) is 3.21. The van der Waals surface area contributed by atoms with Crippen molar-refractivity contribution < 1.29 is 9.59 Å². The predicted molar refractivity (Wildman–Crippen MR) is 117 cm³/mol. The van der Waals surface area contributed by atoms with E-state index in [9.17, 15) is 9.59 Å². The van der Waals surface area contributed by atoms with Gasteiger partial charge < -0.3 is 10.2 Å². The molecule has 4 nitrogen and oxygen atoms in total. The van der Waals surface area contributed by atoms with Crippen molar-refractivity contribution in [2.75, 3.05) is 5.32 Å². The standard InChI is InChI=1S/C24H23ClN2O2/c1-17(20-10-7-13-23(15-20)26-18(2)28)27(16-19-8-4-3-5-9-19)24(29)21-11-6-12-22(25)14-21/h3-15,17H,16H2,1-2H3,(H,26,28)/t17-/m1/s1. The Bertz CT molecular complexity index is 1000. The summed E-state index contributed by atoms with van der Waals surface area (Å²) in [5.41, 5.74) is 3.21. The molecule has 0 radical (unpaired) electrons. The molecule has 1 N–H and O–H groups in total. The monoisotopic (exact) mass is 406 g/mol. The van der Waals surface area contributed by atoms with E-state index in [1.807, 2.05) is 66.4 Å². The van der Waals surface area contributed by atoms with Crippen molar-refractivity contribution in [2.24, 2.45) is 0 Å². The summed E-state index contributed by atoms with van der Waals surface area (Å²) in [6.07, 6.45) is 0. The average Bonchev–Trinajstić information content (AvgIpc) is 2.71. The minimum Gasteiger partial charge on any atom is -0.328 e. The van der Waals surface area contributed by atoms with Crippen LogP contribution in [0.2, 0.25) is 5.02 Å². The van der Waals surface area contributed by atoms with Gasteiger partial charge in [-0.05, 0) is 48.4 Å². The van der Waals surface area contributed by atoms with Crippen LogP contribution < -0.4 is 5.32 Å². The van der Waals surface area contributed by atoms with Crippen LogP contribution in [0.25, 0.3) is 0 Å². The van der Waals surface area contributed by atoms with Gasteiger partial charge in [-0.1, -0.05) is 60.1 Å². The molecule has 3 aromatic rings. The summed E-state index contributed by atoms with van der Waals surface area (Å²) in [7, 11) is 0. The van der Waals surface area contributed by atoms with Crippen molar-refractivity contribution in [1.29, 1.82) is 0 Å². The number of hydrogen-bond donors (Lipinski definition) is 1. The normalized spacial score (nSPS) is 11.6. The molecule has 0 aromatic heterocycles. The van der Waals surface area contributed by atoms with Crippen molar-refractivity contribution in [3.8, 4) is 0 Å². The Morgan fingerprint density at radius 3 is 2.38 bits per heavy atom. The Balaban J connectivity index is 1.95. The SMILES string of the molecule is CC(=O)Nc1cccc([C@@H](C)N(Cc2ccccc2)C(=O)c2cccc(Cl)c2)c1. The number of halogens is 1. The minimum atomic E-state index is -0.213. The second-order valence-electron chi connectivity index (χ2n) is 6.91. The van der Waals surface area contributed by atoms with Gasteiger partial charge in [0.15, 0.2) is 0 Å². The van der Waals surface area contributed by atoms with Gasteiger partial charge in [0.1, 0.15) is 0 Å². The van der Waals surface area contributed by atoms with E-state index < -0.39 is 0 Å². The second-order valence-corrected chi connectivity index (χ2v) is 7.35. The summed E-state index contributed by atoms with van der Waals surface area (Å²) in [6.45, 7) is 3.91. The largest absolute Gasteiger partial charge is 0.328 e. The van der Waals surface area contributed by atoms with Gasteiger partial charge in [-0.25, -0.2) is 0 Å². The maximum absolute atomic E-state index is 13.4. The lowest BCUT2D eigenvalue weighted by atomic mass is 10.0. The van der Waals surface area contributed by atoms with Gasteiger partial charge in [-0.15, -0.1) is 0 Å². The van der Waals surface area contributed by atoms with Crippen molar-refractivity contribution in [3.05, 3.63) is 101 Å². The molecular weight excluding hydrogens is 384 g/mol. The first-order valence-corrected chi connectivity index (χ1v) is 9.80. The number of carbonyl (C=O) groups is 2. The first kappa shape index (κ1) is 20.6. The third kappa shape index (κ3) is 5.46. The molecule has 3 rings (SSSR count). The third-order valence-corrected chi connectivity index (χ3v) is 4.92. The molecule has 2 amide bonds. The third-order valence-electron chi connectivity index (χ3n) is 4.69. The Hall–Kier alpha value is -3.11. The molecule has 0 aliphatic carbocycles. The Morgan fingerprint density at radius 1 is 0.966 bits per heavy atom. The maximum Gasteiger partial charge on any atom is 0.254 e. The van der Waals surface area contributed by atoms with Crippen molar-refractivity contribution in [1.82, 2.24) is 4.90 Å². The molecule has 29 heavy (non-hydrogen) atoms. The van der Waals surface area contributed by atoms with Crippen LogP contribution in [0.5, 0.6) is 0 Å². The van der Waals surface area contributed by atoms with Crippen LogP contribution in [0.3, 0.4) is 0 Å². The topological polar surface area (TPSA) is 49.4 Å². The molecule has 0 heterocycles. The van der Waals surface area contributed by atoms with Crippen LogP contribution >= 0.6 is 11.6 Å². The van der Waals surface area contributed by atoms with Gasteiger partial charge in [0.05, 0.1) is 6.04 Å². The summed E-state index contributed by atoms with van der Waals surface area (Å²) in [5, 5.41) is 3.32. The molecule has 5 heteroatoms. The first-order chi connectivity index (χ1) is 13.9. The smallest absolute Gasteiger partial charge is 0.254 e. The fourth-order valence-corrected chi connectivity index (χ4v) is 3.40. The van der Waals surface area contributed by atoms with Crippen molar-refractivity contribution in [3.63, 3.8) is 0 Å². The second kappa shape index (κ2) is 9.39. The quantitative estimate of drug-likeness (QED) is 0.570. The van der Waals surface area contributed by atoms with E-state index in [-0.39, 0.29) is 17.9 Å². The number of anilines is 1. The van der Waals surface area contributed by atoms with Crippen LogP contribution in [0, 0.1) is 0 Å². The number of nitrogens with zero attached hydrogens (tertiary/aromatic N) is 1.